The van der Waals surface area contributed by atoms with E-state index in [1.54, 1.807) is 47.3 Å². The van der Waals surface area contributed by atoms with Gasteiger partial charge in [0.05, 0.1) is 17.8 Å². The summed E-state index contributed by atoms with van der Waals surface area (Å²) in [5.74, 6) is 1.24. The maximum Gasteiger partial charge on any atom is 0.259 e. The van der Waals surface area contributed by atoms with Gasteiger partial charge in [-0.15, -0.1) is 0 Å². The largest absolute Gasteiger partial charge is 0.488 e. The van der Waals surface area contributed by atoms with Crippen LogP contribution in [0.5, 0.6) is 17.4 Å². The Morgan fingerprint density at radius 3 is 2.66 bits per heavy atom. The number of benzene rings is 1. The summed E-state index contributed by atoms with van der Waals surface area (Å²) < 4.78 is 13.9. The number of rotatable bonds is 3. The number of carbonyl (C=O) groups excluding carboxylic acids is 2. The van der Waals surface area contributed by atoms with E-state index in [0.717, 1.165) is 18.5 Å². The molecule has 2 amide bonds. The van der Waals surface area contributed by atoms with Crippen LogP contribution in [0.3, 0.4) is 0 Å². The van der Waals surface area contributed by atoms with Crippen molar-refractivity contribution in [3.05, 3.63) is 65.6 Å². The summed E-state index contributed by atoms with van der Waals surface area (Å²) in [7, 11) is 1.72. The van der Waals surface area contributed by atoms with E-state index < -0.39 is 0 Å². The zero-order valence-electron chi connectivity index (χ0n) is 20.0. The average molecular weight is 476 g/mol. The van der Waals surface area contributed by atoms with Crippen molar-refractivity contribution < 1.29 is 19.1 Å². The first-order chi connectivity index (χ1) is 17.0. The molecule has 1 aromatic carbocycles. The number of aryl methyl sites for hydroxylation is 1. The molecule has 9 nitrogen and oxygen atoms in total. The molecule has 0 saturated heterocycles. The summed E-state index contributed by atoms with van der Waals surface area (Å²) in [6.07, 6.45) is 5.55. The van der Waals surface area contributed by atoms with Gasteiger partial charge in [0.2, 0.25) is 5.88 Å². The van der Waals surface area contributed by atoms with Crippen molar-refractivity contribution >= 4 is 11.8 Å². The van der Waals surface area contributed by atoms with Gasteiger partial charge in [0.15, 0.2) is 11.5 Å². The Balaban J connectivity index is 1.46. The van der Waals surface area contributed by atoms with E-state index in [9.17, 15) is 9.59 Å². The molecule has 0 spiro atoms. The van der Waals surface area contributed by atoms with E-state index in [2.05, 4.69) is 10.1 Å². The van der Waals surface area contributed by atoms with Crippen molar-refractivity contribution in [1.82, 2.24) is 24.6 Å². The standard InChI is InChI=1S/C26H29N5O4/c1-3-31-17-20(23(28-31)18-10-11-18)26(33)30-14-13-29(2)25(32)19-7-6-12-27-24(19)35-22-9-5-4-8-21(22)34-16-15-30/h4-9,12,17-18H,3,10-11,13-16H2,1-2H3. The molecule has 5 rings (SSSR count). The number of likely N-dealkylation sites (N-methyl/N-ethyl adjacent to an activating group) is 1. The molecule has 0 bridgehead atoms. The second-order valence-electron chi connectivity index (χ2n) is 8.83. The van der Waals surface area contributed by atoms with E-state index in [1.165, 1.54) is 0 Å². The lowest BCUT2D eigenvalue weighted by Crippen LogP contribution is -2.41. The van der Waals surface area contributed by atoms with Crippen molar-refractivity contribution in [1.29, 1.82) is 0 Å². The van der Waals surface area contributed by atoms with Crippen LogP contribution in [0, 0.1) is 0 Å². The van der Waals surface area contributed by atoms with Gasteiger partial charge in [0.1, 0.15) is 12.2 Å². The van der Waals surface area contributed by atoms with Crippen LogP contribution in [-0.4, -0.2) is 69.7 Å². The maximum atomic E-state index is 13.7. The van der Waals surface area contributed by atoms with Crippen molar-refractivity contribution in [2.75, 3.05) is 33.3 Å². The highest BCUT2D eigenvalue weighted by Crippen LogP contribution is 2.41. The van der Waals surface area contributed by atoms with Crippen LogP contribution < -0.4 is 9.47 Å². The molecule has 0 N–H and O–H groups in total. The van der Waals surface area contributed by atoms with Gasteiger partial charge in [-0.25, -0.2) is 4.98 Å². The fraction of sp³-hybridized carbons (Fsp3) is 0.385. The average Bonchev–Trinajstić information content (AvgIpc) is 3.64. The van der Waals surface area contributed by atoms with Crippen LogP contribution in [0.4, 0.5) is 0 Å². The second kappa shape index (κ2) is 9.77. The van der Waals surface area contributed by atoms with Crippen LogP contribution in [-0.2, 0) is 6.54 Å². The first kappa shape index (κ1) is 22.9. The van der Waals surface area contributed by atoms with Gasteiger partial charge in [0, 0.05) is 45.0 Å². The number of hydrogen-bond acceptors (Lipinski definition) is 6. The monoisotopic (exact) mass is 475 g/mol. The van der Waals surface area contributed by atoms with Crippen LogP contribution in [0.2, 0.25) is 0 Å². The third-order valence-electron chi connectivity index (χ3n) is 6.32. The fourth-order valence-electron chi connectivity index (χ4n) is 4.14. The molecule has 0 unspecified atom stereocenters. The van der Waals surface area contributed by atoms with Crippen LogP contribution in [0.15, 0.2) is 48.8 Å². The molecule has 3 aromatic rings. The Bertz CT molecular complexity index is 1240. The summed E-state index contributed by atoms with van der Waals surface area (Å²) in [6, 6.07) is 10.6. The molecule has 35 heavy (non-hydrogen) atoms. The predicted molar refractivity (Wildman–Crippen MR) is 129 cm³/mol. The minimum atomic E-state index is -0.226. The van der Waals surface area contributed by atoms with Crippen LogP contribution in [0.25, 0.3) is 0 Å². The molecule has 1 fully saturated rings. The van der Waals surface area contributed by atoms with Gasteiger partial charge < -0.3 is 19.3 Å². The lowest BCUT2D eigenvalue weighted by atomic mass is 10.1. The van der Waals surface area contributed by atoms with E-state index in [4.69, 9.17) is 9.47 Å². The zero-order valence-corrected chi connectivity index (χ0v) is 20.0. The number of fused-ring (bicyclic) bond motifs is 2. The number of nitrogens with zero attached hydrogens (tertiary/aromatic N) is 5. The lowest BCUT2D eigenvalue weighted by molar-refractivity contribution is 0.0668. The number of amides is 2. The summed E-state index contributed by atoms with van der Waals surface area (Å²) in [4.78, 5) is 34.5. The molecule has 1 aliphatic carbocycles. The van der Waals surface area contributed by atoms with Gasteiger partial charge in [-0.3, -0.25) is 14.3 Å². The minimum absolute atomic E-state index is 0.0856. The number of carbonyl (C=O) groups is 2. The van der Waals surface area contributed by atoms with Crippen molar-refractivity contribution in [2.45, 2.75) is 32.2 Å². The maximum absolute atomic E-state index is 13.7. The number of hydrogen-bond donors (Lipinski definition) is 0. The SMILES string of the molecule is CCn1cc(C(=O)N2CCOc3ccccc3Oc3ncccc3C(=O)N(C)CC2)c(C2CC2)n1. The van der Waals surface area contributed by atoms with Crippen LogP contribution in [0.1, 0.15) is 52.1 Å². The highest BCUT2D eigenvalue weighted by Gasteiger charge is 2.33. The molecule has 9 heteroatoms. The molecule has 3 heterocycles. The smallest absolute Gasteiger partial charge is 0.259 e. The minimum Gasteiger partial charge on any atom is -0.488 e. The molecule has 2 aromatic heterocycles. The van der Waals surface area contributed by atoms with Crippen molar-refractivity contribution in [3.8, 4) is 17.4 Å². The Morgan fingerprint density at radius 1 is 1.09 bits per heavy atom. The second-order valence-corrected chi connectivity index (χ2v) is 8.83. The predicted octanol–water partition coefficient (Wildman–Crippen LogP) is 3.57. The zero-order chi connectivity index (χ0) is 24.4. The topological polar surface area (TPSA) is 89.8 Å². The Morgan fingerprint density at radius 2 is 1.89 bits per heavy atom. The summed E-state index contributed by atoms with van der Waals surface area (Å²) in [5, 5.41) is 4.65. The first-order valence-electron chi connectivity index (χ1n) is 12.0. The third-order valence-corrected chi connectivity index (χ3v) is 6.32. The normalized spacial score (nSPS) is 16.7. The molecular formula is C26H29N5O4. The van der Waals surface area contributed by atoms with E-state index >= 15 is 0 Å². The van der Waals surface area contributed by atoms with Gasteiger partial charge in [-0.1, -0.05) is 12.1 Å². The molecule has 2 aliphatic rings. The number of ether oxygens (including phenoxy) is 2. The van der Waals surface area contributed by atoms with Crippen molar-refractivity contribution in [2.24, 2.45) is 0 Å². The summed E-state index contributed by atoms with van der Waals surface area (Å²) in [5.41, 5.74) is 1.87. The number of aromatic nitrogens is 3. The Labute approximate surface area is 204 Å². The van der Waals surface area contributed by atoms with Gasteiger partial charge >= 0.3 is 0 Å². The van der Waals surface area contributed by atoms with Gasteiger partial charge in [0.25, 0.3) is 11.8 Å². The van der Waals surface area contributed by atoms with Gasteiger partial charge in [-0.2, -0.15) is 5.10 Å². The fourth-order valence-corrected chi connectivity index (χ4v) is 4.14. The molecule has 1 aliphatic heterocycles. The van der Waals surface area contributed by atoms with Crippen molar-refractivity contribution in [3.63, 3.8) is 0 Å². The number of para-hydroxylation sites is 2. The van der Waals surface area contributed by atoms with E-state index in [-0.39, 0.29) is 24.3 Å². The van der Waals surface area contributed by atoms with E-state index in [1.807, 2.05) is 29.9 Å². The summed E-state index contributed by atoms with van der Waals surface area (Å²) in [6.45, 7) is 4.08. The quantitative estimate of drug-likeness (QED) is 0.575. The molecule has 182 valence electrons. The molecule has 0 atom stereocenters. The Kier molecular flexibility index (Phi) is 6.39. The molecule has 1 saturated carbocycles. The number of pyridine rings is 1. The highest BCUT2D eigenvalue weighted by molar-refractivity contribution is 5.97. The highest BCUT2D eigenvalue weighted by atomic mass is 16.5. The van der Waals surface area contributed by atoms with Gasteiger partial charge in [-0.05, 0) is 44.0 Å². The van der Waals surface area contributed by atoms with E-state index in [0.29, 0.717) is 54.7 Å². The third kappa shape index (κ3) is 4.84. The first-order valence-corrected chi connectivity index (χ1v) is 12.0. The lowest BCUT2D eigenvalue weighted by Gasteiger charge is -2.26. The molecular weight excluding hydrogens is 446 g/mol. The molecule has 0 radical (unpaired) electrons. The van der Waals surface area contributed by atoms with Crippen LogP contribution >= 0.6 is 0 Å². The Hall–Kier alpha value is -3.88. The summed E-state index contributed by atoms with van der Waals surface area (Å²) >= 11 is 0.